The zero-order chi connectivity index (χ0) is 14.8. The van der Waals surface area contributed by atoms with Crippen LogP contribution in [0.3, 0.4) is 0 Å². The molecule has 0 aliphatic carbocycles. The lowest BCUT2D eigenvalue weighted by atomic mass is 10.0. The fourth-order valence-corrected chi connectivity index (χ4v) is 3.35. The maximum Gasteiger partial charge on any atom is 0.144 e. The van der Waals surface area contributed by atoms with Crippen LogP contribution in [0.4, 0.5) is 11.4 Å². The van der Waals surface area contributed by atoms with E-state index in [0.29, 0.717) is 12.0 Å². The Morgan fingerprint density at radius 3 is 3.00 bits per heavy atom. The van der Waals surface area contributed by atoms with Gasteiger partial charge in [-0.3, -0.25) is 0 Å². The summed E-state index contributed by atoms with van der Waals surface area (Å²) in [5.74, 6) is 1.51. The highest BCUT2D eigenvalue weighted by Crippen LogP contribution is 2.41. The molecule has 1 N–H and O–H groups in total. The topological polar surface area (TPSA) is 33.7 Å². The Morgan fingerprint density at radius 2 is 2.24 bits per heavy atom. The second kappa shape index (κ2) is 6.14. The van der Waals surface area contributed by atoms with Gasteiger partial charge in [0.15, 0.2) is 0 Å². The van der Waals surface area contributed by atoms with Crippen molar-refractivity contribution in [2.45, 2.75) is 39.3 Å². The summed E-state index contributed by atoms with van der Waals surface area (Å²) in [6.45, 7) is 10.1. The van der Waals surface area contributed by atoms with Gasteiger partial charge in [0.05, 0.1) is 31.0 Å². The average molecular weight is 290 g/mol. The summed E-state index contributed by atoms with van der Waals surface area (Å²) in [4.78, 5) is 2.51. The summed E-state index contributed by atoms with van der Waals surface area (Å²) in [6, 6.07) is 6.84. The number of nitrogens with one attached hydrogen (secondary N) is 1. The molecule has 2 aliphatic rings. The van der Waals surface area contributed by atoms with Crippen molar-refractivity contribution in [1.29, 1.82) is 0 Å². The van der Waals surface area contributed by atoms with E-state index in [1.165, 1.54) is 5.69 Å². The Hall–Kier alpha value is -1.42. The average Bonchev–Trinajstić information content (AvgIpc) is 2.85. The summed E-state index contributed by atoms with van der Waals surface area (Å²) in [5, 5.41) is 3.61. The Morgan fingerprint density at radius 1 is 1.38 bits per heavy atom. The molecular formula is C17H26N2O2. The SMILES string of the molecule is CCCN1c2cccc(OC(C)C)c2NCC2COCC21. The molecule has 1 fully saturated rings. The number of anilines is 2. The molecule has 3 rings (SSSR count). The molecule has 0 amide bonds. The van der Waals surface area contributed by atoms with Gasteiger partial charge in [-0.25, -0.2) is 0 Å². The Balaban J connectivity index is 1.99. The Kier molecular flexibility index (Phi) is 4.24. The second-order valence-corrected chi connectivity index (χ2v) is 6.26. The van der Waals surface area contributed by atoms with Gasteiger partial charge in [0.1, 0.15) is 11.4 Å². The maximum absolute atomic E-state index is 6.00. The highest BCUT2D eigenvalue weighted by Gasteiger charge is 2.36. The number of hydrogen-bond acceptors (Lipinski definition) is 4. The number of fused-ring (bicyclic) bond motifs is 2. The molecule has 0 aromatic heterocycles. The van der Waals surface area contributed by atoms with E-state index < -0.39 is 0 Å². The minimum atomic E-state index is 0.184. The van der Waals surface area contributed by atoms with Crippen molar-refractivity contribution in [3.05, 3.63) is 18.2 Å². The van der Waals surface area contributed by atoms with Crippen molar-refractivity contribution in [1.82, 2.24) is 0 Å². The molecule has 0 spiro atoms. The first-order valence-electron chi connectivity index (χ1n) is 8.08. The first kappa shape index (κ1) is 14.5. The quantitative estimate of drug-likeness (QED) is 0.923. The van der Waals surface area contributed by atoms with Crippen molar-refractivity contribution >= 4 is 11.4 Å². The van der Waals surface area contributed by atoms with Crippen LogP contribution in [0.15, 0.2) is 18.2 Å². The summed E-state index contributed by atoms with van der Waals surface area (Å²) in [6.07, 6.45) is 1.32. The summed E-state index contributed by atoms with van der Waals surface area (Å²) >= 11 is 0. The molecular weight excluding hydrogens is 264 g/mol. The molecule has 0 bridgehead atoms. The predicted molar refractivity (Wildman–Crippen MR) is 86.4 cm³/mol. The number of hydrogen-bond donors (Lipinski definition) is 1. The molecule has 2 unspecified atom stereocenters. The molecule has 1 saturated heterocycles. The van der Waals surface area contributed by atoms with Crippen molar-refractivity contribution in [2.75, 3.05) is 36.5 Å². The van der Waals surface area contributed by atoms with Crippen LogP contribution in [0.1, 0.15) is 27.2 Å². The first-order chi connectivity index (χ1) is 10.2. The molecule has 2 atom stereocenters. The summed E-state index contributed by atoms with van der Waals surface area (Å²) in [5.41, 5.74) is 2.40. The third-order valence-corrected chi connectivity index (χ3v) is 4.25. The Bertz CT molecular complexity index is 490. The van der Waals surface area contributed by atoms with Gasteiger partial charge in [-0.1, -0.05) is 13.0 Å². The second-order valence-electron chi connectivity index (χ2n) is 6.26. The molecule has 0 saturated carbocycles. The zero-order valence-corrected chi connectivity index (χ0v) is 13.3. The van der Waals surface area contributed by atoms with E-state index in [9.17, 15) is 0 Å². The largest absolute Gasteiger partial charge is 0.489 e. The standard InChI is InChI=1S/C17H26N2O2/c1-4-8-19-14-6-5-7-16(21-12(2)3)17(14)18-9-13-10-20-11-15(13)19/h5-7,12-13,15,18H,4,8-11H2,1-3H3. The summed E-state index contributed by atoms with van der Waals surface area (Å²) < 4.78 is 11.7. The van der Waals surface area contributed by atoms with Crippen molar-refractivity contribution in [2.24, 2.45) is 5.92 Å². The van der Waals surface area contributed by atoms with Gasteiger partial charge in [0, 0.05) is 19.0 Å². The molecule has 116 valence electrons. The van der Waals surface area contributed by atoms with Gasteiger partial charge in [-0.2, -0.15) is 0 Å². The van der Waals surface area contributed by atoms with E-state index in [1.807, 2.05) is 0 Å². The van der Waals surface area contributed by atoms with Gasteiger partial charge >= 0.3 is 0 Å². The van der Waals surface area contributed by atoms with Crippen LogP contribution in [0.2, 0.25) is 0 Å². The van der Waals surface area contributed by atoms with Gasteiger partial charge in [0.25, 0.3) is 0 Å². The first-order valence-corrected chi connectivity index (χ1v) is 8.08. The number of nitrogens with zero attached hydrogens (tertiary/aromatic N) is 1. The third-order valence-electron chi connectivity index (χ3n) is 4.25. The molecule has 4 nitrogen and oxygen atoms in total. The monoisotopic (exact) mass is 290 g/mol. The lowest BCUT2D eigenvalue weighted by Crippen LogP contribution is -2.41. The van der Waals surface area contributed by atoms with Crippen LogP contribution in [0, 0.1) is 5.92 Å². The van der Waals surface area contributed by atoms with Gasteiger partial charge in [-0.15, -0.1) is 0 Å². The van der Waals surface area contributed by atoms with E-state index in [2.05, 4.69) is 49.2 Å². The van der Waals surface area contributed by atoms with Crippen LogP contribution >= 0.6 is 0 Å². The smallest absolute Gasteiger partial charge is 0.144 e. The van der Waals surface area contributed by atoms with E-state index in [-0.39, 0.29) is 6.10 Å². The maximum atomic E-state index is 6.00. The number of ether oxygens (including phenoxy) is 2. The fraction of sp³-hybridized carbons (Fsp3) is 0.647. The minimum absolute atomic E-state index is 0.184. The normalized spacial score (nSPS) is 24.3. The van der Waals surface area contributed by atoms with Gasteiger partial charge in [0.2, 0.25) is 0 Å². The van der Waals surface area contributed by atoms with Crippen LogP contribution in [0.5, 0.6) is 5.75 Å². The van der Waals surface area contributed by atoms with Crippen LogP contribution < -0.4 is 15.0 Å². The number of para-hydroxylation sites is 1. The molecule has 2 aliphatic heterocycles. The highest BCUT2D eigenvalue weighted by molar-refractivity contribution is 5.78. The highest BCUT2D eigenvalue weighted by atomic mass is 16.5. The van der Waals surface area contributed by atoms with Gasteiger partial charge < -0.3 is 19.7 Å². The molecule has 1 aromatic carbocycles. The number of rotatable bonds is 4. The van der Waals surface area contributed by atoms with E-state index in [4.69, 9.17) is 9.47 Å². The Labute approximate surface area is 127 Å². The van der Waals surface area contributed by atoms with Crippen LogP contribution in [-0.2, 0) is 4.74 Å². The van der Waals surface area contributed by atoms with Crippen LogP contribution in [0.25, 0.3) is 0 Å². The third kappa shape index (κ3) is 2.82. The molecule has 0 radical (unpaired) electrons. The van der Waals surface area contributed by atoms with E-state index in [1.54, 1.807) is 0 Å². The molecule has 4 heteroatoms. The fourth-order valence-electron chi connectivity index (χ4n) is 3.35. The van der Waals surface area contributed by atoms with Crippen LogP contribution in [-0.4, -0.2) is 38.4 Å². The van der Waals surface area contributed by atoms with E-state index in [0.717, 1.165) is 44.2 Å². The predicted octanol–water partition coefficient (Wildman–Crippen LogP) is 3.13. The zero-order valence-electron chi connectivity index (χ0n) is 13.3. The van der Waals surface area contributed by atoms with Gasteiger partial charge in [-0.05, 0) is 32.4 Å². The minimum Gasteiger partial charge on any atom is -0.489 e. The lowest BCUT2D eigenvalue weighted by Gasteiger charge is -2.32. The van der Waals surface area contributed by atoms with Crippen molar-refractivity contribution in [3.8, 4) is 5.75 Å². The lowest BCUT2D eigenvalue weighted by molar-refractivity contribution is 0.185. The molecule has 21 heavy (non-hydrogen) atoms. The van der Waals surface area contributed by atoms with E-state index >= 15 is 0 Å². The van der Waals surface area contributed by atoms with Crippen molar-refractivity contribution in [3.63, 3.8) is 0 Å². The van der Waals surface area contributed by atoms with Crippen molar-refractivity contribution < 1.29 is 9.47 Å². The number of benzene rings is 1. The molecule has 2 heterocycles. The summed E-state index contributed by atoms with van der Waals surface area (Å²) in [7, 11) is 0. The molecule has 1 aromatic rings.